The van der Waals surface area contributed by atoms with E-state index >= 15 is 0 Å². The van der Waals surface area contributed by atoms with Crippen LogP contribution >= 0.6 is 0 Å². The smallest absolute Gasteiger partial charge is 0.429 e. The highest BCUT2D eigenvalue weighted by Gasteiger charge is 2.03. The number of rotatable bonds is 2. The van der Waals surface area contributed by atoms with E-state index in [9.17, 15) is 0 Å². The molecule has 1 heterocycles. The van der Waals surface area contributed by atoms with Crippen LogP contribution in [0.4, 0.5) is 0 Å². The van der Waals surface area contributed by atoms with Gasteiger partial charge in [0.2, 0.25) is 0 Å². The normalized spacial score (nSPS) is 17.4. The summed E-state index contributed by atoms with van der Waals surface area (Å²) < 4.78 is 4.64. The average molecular weight is 114 g/mol. The van der Waals surface area contributed by atoms with Gasteiger partial charge >= 0.3 is 7.69 Å². The molecule has 5 heteroatoms. The summed E-state index contributed by atoms with van der Waals surface area (Å²) in [5.74, 6) is 0. The second kappa shape index (κ2) is 2.69. The van der Waals surface area contributed by atoms with Crippen molar-refractivity contribution in [3.63, 3.8) is 0 Å². The predicted octanol–water partition coefficient (Wildman–Crippen LogP) is -1.48. The molecule has 1 N–H and O–H groups in total. The number of aliphatic imine (C=N–C) groups is 1. The van der Waals surface area contributed by atoms with Gasteiger partial charge in [-0.25, -0.2) is 0 Å². The van der Waals surface area contributed by atoms with E-state index in [4.69, 9.17) is 5.02 Å². The Kier molecular flexibility index (Phi) is 1.88. The zero-order chi connectivity index (χ0) is 5.82. The van der Waals surface area contributed by atoms with E-state index in [0.29, 0.717) is 0 Å². The minimum absolute atomic E-state index is 0.272. The highest BCUT2D eigenvalue weighted by Crippen LogP contribution is 1.90. The molecule has 0 saturated heterocycles. The Hall–Kier alpha value is -0.545. The van der Waals surface area contributed by atoms with Crippen LogP contribution in [0.15, 0.2) is 4.99 Å². The lowest BCUT2D eigenvalue weighted by Gasteiger charge is -2.09. The lowest BCUT2D eigenvalue weighted by Crippen LogP contribution is -2.22. The monoisotopic (exact) mass is 114 g/mol. The van der Waals surface area contributed by atoms with Gasteiger partial charge in [-0.05, 0) is 0 Å². The van der Waals surface area contributed by atoms with Gasteiger partial charge < -0.3 is 9.78 Å². The van der Waals surface area contributed by atoms with Crippen LogP contribution < -0.4 is 0 Å². The molecule has 0 spiro atoms. The third-order valence-corrected chi connectivity index (χ3v) is 0.883. The van der Waals surface area contributed by atoms with Crippen LogP contribution in [0.5, 0.6) is 0 Å². The van der Waals surface area contributed by atoms with Gasteiger partial charge in [-0.2, -0.15) is 0 Å². The summed E-state index contributed by atoms with van der Waals surface area (Å²) in [6, 6.07) is 0. The van der Waals surface area contributed by atoms with Gasteiger partial charge in [0.05, 0.1) is 13.1 Å². The molecule has 0 unspecified atom stereocenters. The molecule has 0 aliphatic carbocycles. The maximum absolute atomic E-state index is 8.20. The van der Waals surface area contributed by atoms with Crippen LogP contribution in [-0.2, 0) is 4.76 Å². The lowest BCUT2D eigenvalue weighted by molar-refractivity contribution is 0.0239. The van der Waals surface area contributed by atoms with Gasteiger partial charge in [-0.1, -0.05) is 0 Å². The molecule has 0 aromatic carbocycles. The summed E-state index contributed by atoms with van der Waals surface area (Å²) in [6.07, 6.45) is 1.57. The van der Waals surface area contributed by atoms with Crippen LogP contribution in [0.3, 0.4) is 0 Å². The first-order valence-electron chi connectivity index (χ1n) is 2.44. The van der Waals surface area contributed by atoms with Gasteiger partial charge in [-0.3, -0.25) is 10.1 Å². The van der Waals surface area contributed by atoms with Gasteiger partial charge in [0.25, 0.3) is 0 Å². The fraction of sp³-hybridized carbons (Fsp3) is 0.667. The minimum atomic E-state index is -0.272. The summed E-state index contributed by atoms with van der Waals surface area (Å²) >= 11 is 0. The SMILES string of the molecule is OBON1C=NCC1. The molecular formula is C3H7BN2O2. The number of hydrogen-bond acceptors (Lipinski definition) is 4. The Bertz CT molecular complexity index is 97.3. The number of nitrogens with zero attached hydrogens (tertiary/aromatic N) is 2. The summed E-state index contributed by atoms with van der Waals surface area (Å²) in [7, 11) is -0.272. The summed E-state index contributed by atoms with van der Waals surface area (Å²) in [4.78, 5) is 3.85. The Morgan fingerprint density at radius 2 is 2.75 bits per heavy atom. The highest BCUT2D eigenvalue weighted by atomic mass is 16.7. The van der Waals surface area contributed by atoms with Crippen LogP contribution in [0.2, 0.25) is 0 Å². The zero-order valence-corrected chi connectivity index (χ0v) is 4.45. The summed E-state index contributed by atoms with van der Waals surface area (Å²) in [5, 5.41) is 9.70. The second-order valence-corrected chi connectivity index (χ2v) is 1.42. The summed E-state index contributed by atoms with van der Waals surface area (Å²) in [6.45, 7) is 1.51. The first-order valence-corrected chi connectivity index (χ1v) is 2.44. The fourth-order valence-corrected chi connectivity index (χ4v) is 0.535. The minimum Gasteiger partial charge on any atom is -0.429 e. The summed E-state index contributed by atoms with van der Waals surface area (Å²) in [5.41, 5.74) is 0. The largest absolute Gasteiger partial charge is 0.461 e. The molecule has 0 aromatic heterocycles. The van der Waals surface area contributed by atoms with Crippen molar-refractivity contribution in [2.45, 2.75) is 0 Å². The lowest BCUT2D eigenvalue weighted by atomic mass is 10.4. The zero-order valence-electron chi connectivity index (χ0n) is 4.45. The third-order valence-electron chi connectivity index (χ3n) is 0.883. The Balaban J connectivity index is 2.16. The maximum atomic E-state index is 8.20. The highest BCUT2D eigenvalue weighted by molar-refractivity contribution is 6.15. The van der Waals surface area contributed by atoms with Gasteiger partial charge in [0.1, 0.15) is 6.34 Å². The van der Waals surface area contributed by atoms with E-state index in [1.807, 2.05) is 0 Å². The predicted molar refractivity (Wildman–Crippen MR) is 30.5 cm³/mol. The molecular weight excluding hydrogens is 107 g/mol. The van der Waals surface area contributed by atoms with Crippen molar-refractivity contribution >= 4 is 14.0 Å². The van der Waals surface area contributed by atoms with Gasteiger partial charge in [0, 0.05) is 0 Å². The van der Waals surface area contributed by atoms with Crippen molar-refractivity contribution < 1.29 is 9.78 Å². The second-order valence-electron chi connectivity index (χ2n) is 1.42. The molecule has 1 aliphatic heterocycles. The molecule has 4 nitrogen and oxygen atoms in total. The van der Waals surface area contributed by atoms with Crippen molar-refractivity contribution in [3.05, 3.63) is 0 Å². The Labute approximate surface area is 48.0 Å². The first-order chi connectivity index (χ1) is 3.93. The average Bonchev–Trinajstić information content (AvgIpc) is 2.19. The van der Waals surface area contributed by atoms with Crippen molar-refractivity contribution in [2.24, 2.45) is 4.99 Å². The fourth-order valence-electron chi connectivity index (χ4n) is 0.535. The van der Waals surface area contributed by atoms with Crippen LogP contribution in [0, 0.1) is 0 Å². The number of hydrogen-bond donors (Lipinski definition) is 1. The van der Waals surface area contributed by atoms with Crippen molar-refractivity contribution in [2.75, 3.05) is 13.1 Å². The molecule has 1 aliphatic rings. The van der Waals surface area contributed by atoms with E-state index in [1.165, 1.54) is 5.06 Å². The molecule has 1 rings (SSSR count). The molecule has 0 fully saturated rings. The van der Waals surface area contributed by atoms with Gasteiger partial charge in [-0.15, -0.1) is 0 Å². The molecule has 0 atom stereocenters. The van der Waals surface area contributed by atoms with E-state index < -0.39 is 0 Å². The topological polar surface area (TPSA) is 45.1 Å². The van der Waals surface area contributed by atoms with E-state index in [0.717, 1.165) is 13.1 Å². The Morgan fingerprint density at radius 1 is 1.88 bits per heavy atom. The van der Waals surface area contributed by atoms with Crippen molar-refractivity contribution in [1.82, 2.24) is 5.06 Å². The van der Waals surface area contributed by atoms with E-state index in [-0.39, 0.29) is 7.69 Å². The molecule has 0 bridgehead atoms. The van der Waals surface area contributed by atoms with E-state index in [2.05, 4.69) is 9.75 Å². The third kappa shape index (κ3) is 1.21. The first kappa shape index (κ1) is 5.59. The van der Waals surface area contributed by atoms with Crippen molar-refractivity contribution in [3.8, 4) is 0 Å². The Morgan fingerprint density at radius 3 is 3.25 bits per heavy atom. The van der Waals surface area contributed by atoms with Crippen LogP contribution in [0.25, 0.3) is 0 Å². The molecule has 0 radical (unpaired) electrons. The standard InChI is InChI=1S/C3H7BN2O2/c7-4-8-6-2-1-5-3-6/h3-4,7H,1-2H2. The maximum Gasteiger partial charge on any atom is 0.461 e. The quantitative estimate of drug-likeness (QED) is 0.445. The molecule has 0 aromatic rings. The number of hydroxylamine groups is 2. The van der Waals surface area contributed by atoms with E-state index in [1.54, 1.807) is 6.34 Å². The van der Waals surface area contributed by atoms with Crippen LogP contribution in [0.1, 0.15) is 0 Å². The molecule has 0 saturated carbocycles. The van der Waals surface area contributed by atoms with Crippen LogP contribution in [-0.4, -0.2) is 37.2 Å². The van der Waals surface area contributed by atoms with Gasteiger partial charge in [0.15, 0.2) is 0 Å². The molecule has 44 valence electrons. The molecule has 0 amide bonds. The van der Waals surface area contributed by atoms with Crippen molar-refractivity contribution in [1.29, 1.82) is 0 Å². The molecule has 8 heavy (non-hydrogen) atoms.